The van der Waals surface area contributed by atoms with Gasteiger partial charge in [-0.2, -0.15) is 0 Å². The van der Waals surface area contributed by atoms with Crippen LogP contribution in [0.3, 0.4) is 0 Å². The number of benzene rings is 8. The predicted octanol–water partition coefficient (Wildman–Crippen LogP) is 13.3. The van der Waals surface area contributed by atoms with Gasteiger partial charge >= 0.3 is 0 Å². The monoisotopic (exact) mass is 688 g/mol. The lowest BCUT2D eigenvalue weighted by Crippen LogP contribution is -1.95. The highest BCUT2D eigenvalue weighted by Gasteiger charge is 2.24. The standard InChI is InChI=1S/C42H26Br2/c43-41-37(29-17-9-3-10-18-29)38(30-19-11-4-12-20-30)42(44)40-36-26-32(28-15-7-2-8-16-28)22-24-34(36)33-23-21-31(25-35(33)39(40)41)27-13-5-1-6-14-27/h1-26H. The zero-order valence-electron chi connectivity index (χ0n) is 23.8. The van der Waals surface area contributed by atoms with Gasteiger partial charge in [-0.3, -0.25) is 0 Å². The Labute approximate surface area is 273 Å². The molecule has 0 saturated heterocycles. The van der Waals surface area contributed by atoms with Crippen LogP contribution in [0.15, 0.2) is 167 Å². The van der Waals surface area contributed by atoms with E-state index in [9.17, 15) is 0 Å². The molecule has 44 heavy (non-hydrogen) atoms. The summed E-state index contributed by atoms with van der Waals surface area (Å²) in [6.07, 6.45) is 0. The van der Waals surface area contributed by atoms with Crippen molar-refractivity contribution in [1.29, 1.82) is 0 Å². The Morgan fingerprint density at radius 3 is 0.932 bits per heavy atom. The van der Waals surface area contributed by atoms with Gasteiger partial charge in [0.25, 0.3) is 0 Å². The van der Waals surface area contributed by atoms with Crippen molar-refractivity contribution in [3.8, 4) is 44.5 Å². The second kappa shape index (κ2) is 11.2. The highest BCUT2D eigenvalue weighted by atomic mass is 79.9. The van der Waals surface area contributed by atoms with Gasteiger partial charge in [0.1, 0.15) is 0 Å². The van der Waals surface area contributed by atoms with Crippen LogP contribution < -0.4 is 0 Å². The van der Waals surface area contributed by atoms with E-state index in [0.717, 1.165) is 8.95 Å². The lowest BCUT2D eigenvalue weighted by molar-refractivity contribution is 1.57. The molecule has 0 aliphatic carbocycles. The maximum atomic E-state index is 4.23. The highest BCUT2D eigenvalue weighted by molar-refractivity contribution is 9.11. The molecule has 208 valence electrons. The largest absolute Gasteiger partial charge is 0.0622 e. The first kappa shape index (κ1) is 27.1. The third-order valence-electron chi connectivity index (χ3n) is 8.59. The van der Waals surface area contributed by atoms with Crippen molar-refractivity contribution < 1.29 is 0 Å². The minimum Gasteiger partial charge on any atom is -0.0622 e. The molecule has 0 unspecified atom stereocenters. The van der Waals surface area contributed by atoms with Gasteiger partial charge in [-0.25, -0.2) is 0 Å². The number of fused-ring (bicyclic) bond motifs is 6. The first-order valence-electron chi connectivity index (χ1n) is 14.7. The zero-order valence-corrected chi connectivity index (χ0v) is 26.9. The second-order valence-corrected chi connectivity index (χ2v) is 12.7. The fourth-order valence-corrected chi connectivity index (χ4v) is 8.22. The molecule has 8 aromatic carbocycles. The first-order chi connectivity index (χ1) is 21.7. The first-order valence-corrected chi connectivity index (χ1v) is 16.3. The molecular weight excluding hydrogens is 664 g/mol. The van der Waals surface area contributed by atoms with Crippen molar-refractivity contribution in [1.82, 2.24) is 0 Å². The molecule has 0 N–H and O–H groups in total. The molecule has 0 heterocycles. The number of hydrogen-bond donors (Lipinski definition) is 0. The lowest BCUT2D eigenvalue weighted by atomic mass is 9.85. The summed E-state index contributed by atoms with van der Waals surface area (Å²) in [6, 6.07) is 56.6. The van der Waals surface area contributed by atoms with Crippen LogP contribution in [0.25, 0.3) is 76.8 Å². The summed E-state index contributed by atoms with van der Waals surface area (Å²) in [5.41, 5.74) is 9.54. The van der Waals surface area contributed by atoms with Crippen LogP contribution in [0.4, 0.5) is 0 Å². The van der Waals surface area contributed by atoms with Crippen LogP contribution in [0, 0.1) is 0 Å². The molecule has 2 heteroatoms. The number of rotatable bonds is 4. The molecular formula is C42H26Br2. The van der Waals surface area contributed by atoms with Crippen molar-refractivity contribution in [2.75, 3.05) is 0 Å². The van der Waals surface area contributed by atoms with Crippen LogP contribution in [0.2, 0.25) is 0 Å². The fraction of sp³-hybridized carbons (Fsp3) is 0. The molecule has 0 radical (unpaired) electrons. The summed E-state index contributed by atoms with van der Waals surface area (Å²) >= 11 is 8.46. The predicted molar refractivity (Wildman–Crippen MR) is 196 cm³/mol. The van der Waals surface area contributed by atoms with E-state index in [1.54, 1.807) is 0 Å². The van der Waals surface area contributed by atoms with E-state index >= 15 is 0 Å². The van der Waals surface area contributed by atoms with Crippen molar-refractivity contribution in [3.05, 3.63) is 167 Å². The minimum absolute atomic E-state index is 1.10. The Bertz CT molecular complexity index is 2140. The van der Waals surface area contributed by atoms with Gasteiger partial charge in [0.15, 0.2) is 0 Å². The Morgan fingerprint density at radius 1 is 0.273 bits per heavy atom. The summed E-state index contributed by atoms with van der Waals surface area (Å²) in [5.74, 6) is 0. The molecule has 8 rings (SSSR count). The molecule has 0 saturated carbocycles. The Hall–Kier alpha value is -4.50. The normalized spacial score (nSPS) is 11.4. The third kappa shape index (κ3) is 4.49. The van der Waals surface area contributed by atoms with E-state index in [0.29, 0.717) is 0 Å². The van der Waals surface area contributed by atoms with E-state index in [4.69, 9.17) is 0 Å². The highest BCUT2D eigenvalue weighted by Crippen LogP contribution is 2.52. The SMILES string of the molecule is Brc1c(-c2ccccc2)c(-c2ccccc2)c(Br)c2c3cc(-c4ccccc4)ccc3c3ccc(-c4ccccc4)cc3c12. The van der Waals surface area contributed by atoms with E-state index in [-0.39, 0.29) is 0 Å². The minimum atomic E-state index is 1.10. The molecule has 0 aromatic heterocycles. The summed E-state index contributed by atoms with van der Waals surface area (Å²) < 4.78 is 2.20. The Morgan fingerprint density at radius 2 is 0.591 bits per heavy atom. The maximum absolute atomic E-state index is 4.23. The molecule has 8 aromatic rings. The topological polar surface area (TPSA) is 0 Å². The molecule has 0 aliphatic rings. The molecule has 0 spiro atoms. The average Bonchev–Trinajstić information content (AvgIpc) is 3.10. The van der Waals surface area contributed by atoms with Gasteiger partial charge in [0, 0.05) is 30.8 Å². The van der Waals surface area contributed by atoms with Crippen LogP contribution in [-0.4, -0.2) is 0 Å². The van der Waals surface area contributed by atoms with E-state index in [2.05, 4.69) is 190 Å². The number of halogens is 2. The summed E-state index contributed by atoms with van der Waals surface area (Å²) in [7, 11) is 0. The quantitative estimate of drug-likeness (QED) is 0.161. The summed E-state index contributed by atoms with van der Waals surface area (Å²) in [4.78, 5) is 0. The molecule has 0 atom stereocenters. The smallest absolute Gasteiger partial charge is 0.0345 e. The van der Waals surface area contributed by atoms with Gasteiger partial charge in [-0.1, -0.05) is 146 Å². The number of hydrogen-bond acceptors (Lipinski definition) is 0. The molecule has 0 nitrogen and oxygen atoms in total. The van der Waals surface area contributed by atoms with Crippen molar-refractivity contribution in [2.45, 2.75) is 0 Å². The van der Waals surface area contributed by atoms with E-state index in [1.807, 2.05) is 0 Å². The van der Waals surface area contributed by atoms with Gasteiger partial charge in [0.05, 0.1) is 0 Å². The van der Waals surface area contributed by atoms with E-state index in [1.165, 1.54) is 76.8 Å². The van der Waals surface area contributed by atoms with Gasteiger partial charge in [0.2, 0.25) is 0 Å². The summed E-state index contributed by atoms with van der Waals surface area (Å²) in [5, 5.41) is 7.36. The average molecular weight is 690 g/mol. The van der Waals surface area contributed by atoms with Gasteiger partial charge < -0.3 is 0 Å². The third-order valence-corrected chi connectivity index (χ3v) is 10.2. The second-order valence-electron chi connectivity index (χ2n) is 11.1. The van der Waals surface area contributed by atoms with E-state index < -0.39 is 0 Å². The maximum Gasteiger partial charge on any atom is 0.0345 e. The molecule has 0 aliphatic heterocycles. The lowest BCUT2D eigenvalue weighted by Gasteiger charge is -2.22. The van der Waals surface area contributed by atoms with Crippen LogP contribution in [0.1, 0.15) is 0 Å². The van der Waals surface area contributed by atoms with Crippen LogP contribution in [0.5, 0.6) is 0 Å². The Balaban J connectivity index is 1.60. The van der Waals surface area contributed by atoms with Crippen LogP contribution >= 0.6 is 31.9 Å². The van der Waals surface area contributed by atoms with Crippen molar-refractivity contribution >= 4 is 64.2 Å². The van der Waals surface area contributed by atoms with Crippen molar-refractivity contribution in [2.24, 2.45) is 0 Å². The van der Waals surface area contributed by atoms with Crippen LogP contribution in [-0.2, 0) is 0 Å². The summed E-state index contributed by atoms with van der Waals surface area (Å²) in [6.45, 7) is 0. The fourth-order valence-electron chi connectivity index (χ4n) is 6.54. The molecule has 0 bridgehead atoms. The van der Waals surface area contributed by atoms with Gasteiger partial charge in [-0.05, 0) is 98.9 Å². The zero-order chi connectivity index (χ0) is 29.6. The molecule has 0 fully saturated rings. The van der Waals surface area contributed by atoms with Gasteiger partial charge in [-0.15, -0.1) is 0 Å². The molecule has 0 amide bonds. The Kier molecular flexibility index (Phi) is 6.90. The van der Waals surface area contributed by atoms with Crippen molar-refractivity contribution in [3.63, 3.8) is 0 Å².